The lowest BCUT2D eigenvalue weighted by molar-refractivity contribution is -0.131. The van der Waals surface area contributed by atoms with Gasteiger partial charge in [0.15, 0.2) is 17.5 Å². The smallest absolute Gasteiger partial charge is 0.318 e. The Balaban J connectivity index is 0.000000142. The Kier molecular flexibility index (Phi) is 28.1. The zero-order valence-electron chi connectivity index (χ0n) is 74.3. The average molecular weight is 1750 g/mol. The third kappa shape index (κ3) is 19.7. The largest absolute Gasteiger partial charge is 0.462 e. The van der Waals surface area contributed by atoms with Crippen LogP contribution in [0.15, 0.2) is 146 Å². The number of hydrogen-bond acceptors (Lipinski definition) is 21. The van der Waals surface area contributed by atoms with Crippen molar-refractivity contribution in [2.75, 3.05) is 154 Å². The molecule has 9 aliphatic heterocycles. The molecule has 0 saturated carbocycles. The molecule has 1 unspecified atom stereocenters. The molecule has 0 N–H and O–H groups in total. The molecule has 3 amide bonds. The predicted molar refractivity (Wildman–Crippen MR) is 488 cm³/mol. The minimum absolute atomic E-state index is 0.0547. The van der Waals surface area contributed by atoms with Crippen LogP contribution < -0.4 is 28.9 Å². The summed E-state index contributed by atoms with van der Waals surface area (Å²) in [6.45, 7) is 47.0. The van der Waals surface area contributed by atoms with Gasteiger partial charge in [-0.15, -0.1) is 0 Å². The highest BCUT2D eigenvalue weighted by Crippen LogP contribution is 2.44. The van der Waals surface area contributed by atoms with Gasteiger partial charge in [0.2, 0.25) is 19.6 Å². The number of fused-ring (bicyclic) bond motifs is 6. The molecule has 9 aliphatic rings. The molecule has 9 atom stereocenters. The first-order chi connectivity index (χ1) is 62.5. The summed E-state index contributed by atoms with van der Waals surface area (Å²) in [5, 5.41) is 7.12. The summed E-state index contributed by atoms with van der Waals surface area (Å²) < 4.78 is 79.7. The second-order valence-electron chi connectivity index (χ2n) is 35.1. The van der Waals surface area contributed by atoms with Crippen LogP contribution in [0.25, 0.3) is 46.9 Å². The number of carbonyl (C=O) groups is 3. The molecule has 0 radical (unpaired) electrons. The van der Waals surface area contributed by atoms with E-state index in [1.54, 1.807) is 0 Å². The Hall–Kier alpha value is -12.2. The number of ether oxygens (including phenoxy) is 6. The number of halogens is 3. The number of rotatable bonds is 21. The van der Waals surface area contributed by atoms with Gasteiger partial charge in [-0.1, -0.05) is 129 Å². The molecule has 672 valence electrons. The fourth-order valence-electron chi connectivity index (χ4n) is 20.0. The van der Waals surface area contributed by atoms with Gasteiger partial charge < -0.3 is 87.1 Å². The molecule has 12 heterocycles. The van der Waals surface area contributed by atoms with Gasteiger partial charge >= 0.3 is 18.0 Å². The second kappa shape index (κ2) is 40.2. The zero-order chi connectivity index (χ0) is 90.3. The van der Waals surface area contributed by atoms with Gasteiger partial charge in [0.25, 0.3) is 17.7 Å². The van der Waals surface area contributed by atoms with E-state index < -0.39 is 53.3 Å². The van der Waals surface area contributed by atoms with Gasteiger partial charge in [-0.3, -0.25) is 14.4 Å². The van der Waals surface area contributed by atoms with E-state index in [2.05, 4.69) is 215 Å². The van der Waals surface area contributed by atoms with Crippen molar-refractivity contribution in [2.24, 2.45) is 0 Å². The van der Waals surface area contributed by atoms with E-state index in [4.69, 9.17) is 78.0 Å². The summed E-state index contributed by atoms with van der Waals surface area (Å²) in [4.78, 5) is 94.8. The van der Waals surface area contributed by atoms with Gasteiger partial charge in [-0.05, 0) is 166 Å². The van der Waals surface area contributed by atoms with E-state index in [-0.39, 0.29) is 57.6 Å². The lowest BCUT2D eigenvalue weighted by Crippen LogP contribution is -2.57. The number of nitrogens with zero attached hydrogens (tertiary/aromatic N) is 18. The van der Waals surface area contributed by atoms with Gasteiger partial charge in [0, 0.05) is 113 Å². The van der Waals surface area contributed by atoms with Crippen molar-refractivity contribution in [1.29, 1.82) is 0 Å². The van der Waals surface area contributed by atoms with Crippen LogP contribution in [0.2, 0.25) is 0 Å². The van der Waals surface area contributed by atoms with E-state index >= 15 is 0 Å². The summed E-state index contributed by atoms with van der Waals surface area (Å²) in [5.41, 5.74) is 12.3. The first-order valence-corrected chi connectivity index (χ1v) is 44.7. The number of likely N-dealkylation sites (N-methyl/N-ethyl adjacent to an activating group) is 3. The molecule has 9 aromatic rings. The highest BCUT2D eigenvalue weighted by molar-refractivity contribution is 5.94. The first-order valence-electron chi connectivity index (χ1n) is 44.7. The normalized spacial score (nSPS) is 22.3. The molecule has 0 spiro atoms. The number of carbonyl (C=O) groups excluding carboxylic acids is 3. The van der Waals surface area contributed by atoms with Crippen molar-refractivity contribution in [3.8, 4) is 18.0 Å². The zero-order valence-corrected chi connectivity index (χ0v) is 74.3. The molecule has 6 fully saturated rings. The third-order valence-electron chi connectivity index (χ3n) is 27.0. The highest BCUT2D eigenvalue weighted by atomic mass is 19.1. The predicted octanol–water partition coefficient (Wildman–Crippen LogP) is 13.9. The maximum Gasteiger partial charge on any atom is 0.318 e. The van der Waals surface area contributed by atoms with Gasteiger partial charge in [0.1, 0.15) is 55.4 Å². The number of benzene rings is 6. The lowest BCUT2D eigenvalue weighted by atomic mass is 9.92. The summed E-state index contributed by atoms with van der Waals surface area (Å²) >= 11 is 0. The fourth-order valence-corrected chi connectivity index (χ4v) is 20.0. The van der Waals surface area contributed by atoms with Gasteiger partial charge in [-0.25, -0.2) is 32.9 Å². The maximum absolute atomic E-state index is 13.8. The SMILES string of the molecule is [C-]#[N+]C[C@H]1CN(c2nc(OC[C@@H]3CCCN3C)nc3c2COC(c2cccc4cccc(C)c24)C3)CCN1C(=O)C(=C)F.[C-]#[N+]C[C@H]1CN(c2nc(OC[C@@H]3CCCN3C)nc3c2CO[C@@H](c2cccc4cccc(C)c24)C3)CCN1C(=O)C(=C)F.[C-]#[N+]C[C@H]1CN(c2nc(OC[C@@H]3CCCN3C)nc3c2CO[C@H](c2cccc4cccc(C)c24)C3)CCN1C(=O)C(=C)F. The molecular weight excluding hydrogens is 1640 g/mol. The van der Waals surface area contributed by atoms with Crippen molar-refractivity contribution in [1.82, 2.24) is 59.3 Å². The molecular formula is C99H111F3N18O9. The minimum Gasteiger partial charge on any atom is -0.462 e. The minimum atomic E-state index is -1.02. The maximum atomic E-state index is 13.8. The number of aromatic nitrogens is 6. The van der Waals surface area contributed by atoms with Crippen LogP contribution in [0, 0.1) is 40.5 Å². The number of amides is 3. The van der Waals surface area contributed by atoms with Crippen LogP contribution in [0.5, 0.6) is 18.0 Å². The molecule has 0 bridgehead atoms. The molecule has 6 aromatic carbocycles. The Morgan fingerprint density at radius 3 is 0.915 bits per heavy atom. The highest BCUT2D eigenvalue weighted by Gasteiger charge is 2.43. The van der Waals surface area contributed by atoms with Crippen LogP contribution in [0.4, 0.5) is 30.6 Å². The van der Waals surface area contributed by atoms with E-state index in [1.165, 1.54) is 63.7 Å². The quantitative estimate of drug-likeness (QED) is 0.0481. The number of piperazine rings is 3. The Labute approximate surface area is 751 Å². The third-order valence-corrected chi connectivity index (χ3v) is 27.0. The van der Waals surface area contributed by atoms with Gasteiger partial charge in [-0.2, -0.15) is 29.9 Å². The summed E-state index contributed by atoms with van der Waals surface area (Å²) in [6.07, 6.45) is 7.74. The van der Waals surface area contributed by atoms with Crippen LogP contribution >= 0.6 is 0 Å². The number of hydrogen-bond donors (Lipinski definition) is 0. The topological polar surface area (TPSA) is 226 Å². The van der Waals surface area contributed by atoms with Crippen molar-refractivity contribution in [2.45, 2.75) is 153 Å². The first kappa shape index (κ1) is 90.2. The van der Waals surface area contributed by atoms with Crippen molar-refractivity contribution >= 4 is 67.5 Å². The molecule has 30 heteroatoms. The lowest BCUT2D eigenvalue weighted by Gasteiger charge is -2.40. The van der Waals surface area contributed by atoms with Gasteiger partial charge in [0.05, 0.1) is 55.2 Å². The van der Waals surface area contributed by atoms with Crippen molar-refractivity contribution in [3.63, 3.8) is 0 Å². The number of anilines is 3. The van der Waals surface area contributed by atoms with Crippen LogP contribution in [0.3, 0.4) is 0 Å². The molecule has 3 aromatic heterocycles. The van der Waals surface area contributed by atoms with E-state index in [0.29, 0.717) is 152 Å². The Morgan fingerprint density at radius 1 is 0.395 bits per heavy atom. The summed E-state index contributed by atoms with van der Waals surface area (Å²) in [5.74, 6) is -3.27. The average Bonchev–Trinajstić information content (AvgIpc) is 0.905. The number of likely N-dealkylation sites (tertiary alicyclic amines) is 3. The molecule has 27 nitrogen and oxygen atoms in total. The van der Waals surface area contributed by atoms with E-state index in [1.807, 2.05) is 0 Å². The molecule has 18 rings (SSSR count). The van der Waals surface area contributed by atoms with E-state index in [9.17, 15) is 27.6 Å². The monoisotopic (exact) mass is 1750 g/mol. The van der Waals surface area contributed by atoms with E-state index in [0.717, 1.165) is 109 Å². The van der Waals surface area contributed by atoms with Crippen molar-refractivity contribution < 1.29 is 56.0 Å². The van der Waals surface area contributed by atoms with Crippen LogP contribution in [-0.2, 0) is 67.7 Å². The fraction of sp³-hybridized carbons (Fsp3) is 0.455. The Morgan fingerprint density at radius 2 is 0.667 bits per heavy atom. The summed E-state index contributed by atoms with van der Waals surface area (Å²) in [6, 6.07) is 38.3. The summed E-state index contributed by atoms with van der Waals surface area (Å²) in [7, 11) is 6.33. The second-order valence-corrected chi connectivity index (χ2v) is 35.1. The van der Waals surface area contributed by atoms with Crippen LogP contribution in [0.1, 0.15) is 124 Å². The number of aryl methyl sites for hydroxylation is 3. The molecule has 6 saturated heterocycles. The standard InChI is InChI=1S/3C33H37FN6O3/c3*1-21-8-5-9-23-10-6-12-26(30(21)23)29-16-28-27(20-42-29)31(37-33(36-28)43-19-24-11-7-13-38(24)4)39-14-15-40(32(41)22(2)34)25(18-39)17-35-3/h3*5-6,8-10,12,24-25,29H,2,7,11,13-20H2,1,4H3/t24-,25-,29?;24-,25-,29+;24-,25-,29-/m000/s1. The molecule has 0 aliphatic carbocycles. The van der Waals surface area contributed by atoms with Crippen LogP contribution in [-0.4, -0.2) is 252 Å². The Bertz CT molecular complexity index is 5310. The van der Waals surface area contributed by atoms with Crippen molar-refractivity contribution in [3.05, 3.63) is 248 Å². The molecule has 129 heavy (non-hydrogen) atoms.